The number of halogens is 2. The first-order valence-electron chi connectivity index (χ1n) is 10.8. The number of nitrogens with two attached hydrogens (primary N) is 1. The van der Waals surface area contributed by atoms with Gasteiger partial charge in [-0.3, -0.25) is 4.90 Å². The third-order valence-electron chi connectivity index (χ3n) is 6.52. The topological polar surface area (TPSA) is 102 Å². The van der Waals surface area contributed by atoms with E-state index in [0.29, 0.717) is 17.3 Å². The highest BCUT2D eigenvalue weighted by Crippen LogP contribution is 2.41. The van der Waals surface area contributed by atoms with E-state index in [4.69, 9.17) is 5.73 Å². The van der Waals surface area contributed by atoms with Gasteiger partial charge in [-0.2, -0.15) is 10.1 Å². The second kappa shape index (κ2) is 7.09. The van der Waals surface area contributed by atoms with E-state index >= 15 is 0 Å². The minimum absolute atomic E-state index is 0.0137. The molecule has 11 heteroatoms. The number of nitrogens with zero attached hydrogens (tertiary/aromatic N) is 7. The Bertz CT molecular complexity index is 1280. The quantitative estimate of drug-likeness (QED) is 0.504. The van der Waals surface area contributed by atoms with Gasteiger partial charge in [0.2, 0.25) is 5.95 Å². The molecule has 0 spiro atoms. The fourth-order valence-electron chi connectivity index (χ4n) is 4.76. The number of alkyl halides is 2. The zero-order valence-electron chi connectivity index (χ0n) is 17.3. The summed E-state index contributed by atoms with van der Waals surface area (Å²) >= 11 is 0. The second-order valence-electron chi connectivity index (χ2n) is 8.66. The van der Waals surface area contributed by atoms with E-state index < -0.39 is 5.92 Å². The first kappa shape index (κ1) is 19.4. The molecule has 0 unspecified atom stereocenters. The highest BCUT2D eigenvalue weighted by atomic mass is 19.3. The Morgan fingerprint density at radius 1 is 1.03 bits per heavy atom. The van der Waals surface area contributed by atoms with Crippen LogP contribution in [0, 0.1) is 0 Å². The van der Waals surface area contributed by atoms with Gasteiger partial charge in [-0.25, -0.2) is 22.8 Å². The fourth-order valence-corrected chi connectivity index (χ4v) is 4.76. The number of fused-ring (bicyclic) bond motifs is 2. The number of nitrogen functional groups attached to an aromatic ring is 1. The Hall–Kier alpha value is -3.34. The normalized spacial score (nSPS) is 20.1. The van der Waals surface area contributed by atoms with Crippen molar-refractivity contribution in [3.8, 4) is 11.3 Å². The zero-order valence-corrected chi connectivity index (χ0v) is 17.3. The van der Waals surface area contributed by atoms with Gasteiger partial charge in [-0.15, -0.1) is 5.10 Å². The molecular weight excluding hydrogens is 416 g/mol. The highest BCUT2D eigenvalue weighted by molar-refractivity contribution is 5.86. The van der Waals surface area contributed by atoms with E-state index in [1.807, 2.05) is 30.6 Å². The van der Waals surface area contributed by atoms with Gasteiger partial charge in [0.05, 0.1) is 11.9 Å². The van der Waals surface area contributed by atoms with Crippen LogP contribution in [0.1, 0.15) is 25.7 Å². The molecule has 9 nitrogen and oxygen atoms in total. The minimum atomic E-state index is -2.48. The molecule has 4 aromatic heterocycles. The number of hydrogen-bond donors (Lipinski definition) is 2. The standard InChI is InChI=1S/C21H23F2N9/c22-21(23)11-14(12-21)30-7-2-13(3-8-30)26-20-28-19(24)18-15(4-9-32(18)29-20)16-5-10-31-17(27-16)1-6-25-31/h1,4-6,9-10,13-14H,2-3,7-8,11-12H2,(H3,24,26,28,29). The predicted molar refractivity (Wildman–Crippen MR) is 116 cm³/mol. The van der Waals surface area contributed by atoms with Crippen molar-refractivity contribution in [2.75, 3.05) is 24.1 Å². The number of anilines is 2. The molecule has 1 saturated carbocycles. The van der Waals surface area contributed by atoms with Gasteiger partial charge >= 0.3 is 0 Å². The van der Waals surface area contributed by atoms with E-state index in [1.165, 1.54) is 0 Å². The van der Waals surface area contributed by atoms with Gasteiger partial charge in [0.25, 0.3) is 5.92 Å². The third-order valence-corrected chi connectivity index (χ3v) is 6.52. The maximum absolute atomic E-state index is 13.2. The molecule has 0 radical (unpaired) electrons. The summed E-state index contributed by atoms with van der Waals surface area (Å²) in [5.41, 5.74) is 9.38. The Balaban J connectivity index is 1.18. The molecule has 4 aromatic rings. The van der Waals surface area contributed by atoms with Crippen molar-refractivity contribution in [3.63, 3.8) is 0 Å². The van der Waals surface area contributed by atoms with Gasteiger partial charge in [0, 0.05) is 62.0 Å². The average Bonchev–Trinajstić information content (AvgIpc) is 3.39. The van der Waals surface area contributed by atoms with Crippen LogP contribution >= 0.6 is 0 Å². The predicted octanol–water partition coefficient (Wildman–Crippen LogP) is 2.70. The number of hydrogen-bond acceptors (Lipinski definition) is 7. The molecule has 0 aromatic carbocycles. The first-order chi connectivity index (χ1) is 15.4. The summed E-state index contributed by atoms with van der Waals surface area (Å²) in [6.07, 6.45) is 7.08. The maximum Gasteiger partial charge on any atom is 0.251 e. The summed E-state index contributed by atoms with van der Waals surface area (Å²) in [5.74, 6) is -1.65. The van der Waals surface area contributed by atoms with Crippen LogP contribution in [-0.2, 0) is 0 Å². The summed E-state index contributed by atoms with van der Waals surface area (Å²) in [6.45, 7) is 1.60. The molecule has 1 aliphatic heterocycles. The lowest BCUT2D eigenvalue weighted by Gasteiger charge is -2.45. The highest BCUT2D eigenvalue weighted by Gasteiger charge is 2.48. The van der Waals surface area contributed by atoms with Crippen molar-refractivity contribution < 1.29 is 8.78 Å². The zero-order chi connectivity index (χ0) is 21.9. The van der Waals surface area contributed by atoms with E-state index in [9.17, 15) is 8.78 Å². The Labute approximate surface area is 182 Å². The van der Waals surface area contributed by atoms with Crippen molar-refractivity contribution in [2.24, 2.45) is 0 Å². The lowest BCUT2D eigenvalue weighted by atomic mass is 9.85. The molecule has 3 N–H and O–H groups in total. The van der Waals surface area contributed by atoms with Crippen LogP contribution in [0.2, 0.25) is 0 Å². The van der Waals surface area contributed by atoms with E-state index in [2.05, 4.69) is 30.4 Å². The number of nitrogens with one attached hydrogen (secondary N) is 1. The van der Waals surface area contributed by atoms with Crippen molar-refractivity contribution in [3.05, 3.63) is 36.8 Å². The summed E-state index contributed by atoms with van der Waals surface area (Å²) in [7, 11) is 0. The Morgan fingerprint density at radius 2 is 1.81 bits per heavy atom. The SMILES string of the molecule is Nc1nc(NC2CCN(C3CC(F)(F)C3)CC2)nn2ccc(-c3ccn4nccc4n3)c12. The van der Waals surface area contributed by atoms with E-state index in [-0.39, 0.29) is 24.9 Å². The van der Waals surface area contributed by atoms with Crippen LogP contribution < -0.4 is 11.1 Å². The molecule has 1 aliphatic carbocycles. The number of aromatic nitrogens is 6. The largest absolute Gasteiger partial charge is 0.382 e. The molecule has 32 heavy (non-hydrogen) atoms. The van der Waals surface area contributed by atoms with Gasteiger partial charge < -0.3 is 11.1 Å². The summed E-state index contributed by atoms with van der Waals surface area (Å²) in [4.78, 5) is 11.3. The van der Waals surface area contributed by atoms with Gasteiger partial charge in [0.1, 0.15) is 5.52 Å². The van der Waals surface area contributed by atoms with Crippen molar-refractivity contribution in [1.82, 2.24) is 34.1 Å². The molecule has 2 aliphatic rings. The molecular formula is C21H23F2N9. The lowest BCUT2D eigenvalue weighted by molar-refractivity contribution is -0.127. The summed E-state index contributed by atoms with van der Waals surface area (Å²) in [6, 6.07) is 5.84. The van der Waals surface area contributed by atoms with Crippen molar-refractivity contribution in [2.45, 2.75) is 43.7 Å². The summed E-state index contributed by atoms with van der Waals surface area (Å²) in [5, 5.41) is 12.1. The monoisotopic (exact) mass is 439 g/mol. The molecule has 2 fully saturated rings. The van der Waals surface area contributed by atoms with E-state index in [0.717, 1.165) is 42.8 Å². The van der Waals surface area contributed by atoms with Gasteiger partial charge in [0.15, 0.2) is 11.5 Å². The number of likely N-dealkylation sites (tertiary alicyclic amines) is 1. The molecule has 0 bridgehead atoms. The van der Waals surface area contributed by atoms with Crippen LogP contribution in [0.15, 0.2) is 36.8 Å². The van der Waals surface area contributed by atoms with Crippen LogP contribution in [0.3, 0.4) is 0 Å². The Morgan fingerprint density at radius 3 is 2.59 bits per heavy atom. The molecule has 166 valence electrons. The second-order valence-corrected chi connectivity index (χ2v) is 8.66. The van der Waals surface area contributed by atoms with Crippen LogP contribution in [0.4, 0.5) is 20.5 Å². The molecule has 6 rings (SSSR count). The summed E-state index contributed by atoms with van der Waals surface area (Å²) < 4.78 is 29.7. The fraction of sp³-hybridized carbons (Fsp3) is 0.429. The third kappa shape index (κ3) is 3.32. The van der Waals surface area contributed by atoms with Crippen LogP contribution in [0.5, 0.6) is 0 Å². The number of piperidine rings is 1. The Kier molecular flexibility index (Phi) is 4.29. The molecule has 5 heterocycles. The maximum atomic E-state index is 13.2. The molecule has 0 atom stereocenters. The van der Waals surface area contributed by atoms with Crippen LogP contribution in [-0.4, -0.2) is 65.2 Å². The van der Waals surface area contributed by atoms with Crippen LogP contribution in [0.25, 0.3) is 22.4 Å². The molecule has 1 saturated heterocycles. The average molecular weight is 439 g/mol. The first-order valence-corrected chi connectivity index (χ1v) is 10.8. The number of rotatable bonds is 4. The van der Waals surface area contributed by atoms with Crippen molar-refractivity contribution in [1.29, 1.82) is 0 Å². The van der Waals surface area contributed by atoms with Gasteiger partial charge in [-0.1, -0.05) is 0 Å². The smallest absolute Gasteiger partial charge is 0.251 e. The lowest BCUT2D eigenvalue weighted by Crippen LogP contribution is -2.54. The van der Waals surface area contributed by atoms with Crippen molar-refractivity contribution >= 4 is 22.9 Å². The van der Waals surface area contributed by atoms with Gasteiger partial charge in [-0.05, 0) is 25.0 Å². The van der Waals surface area contributed by atoms with E-state index in [1.54, 1.807) is 15.2 Å². The minimum Gasteiger partial charge on any atom is -0.382 e. The molecule has 0 amide bonds.